The molecule has 0 radical (unpaired) electrons. The number of hydrogen-bond acceptors (Lipinski definition) is 8. The van der Waals surface area contributed by atoms with E-state index >= 15 is 0 Å². The number of pyridine rings is 8. The Hall–Kier alpha value is -12.7. The summed E-state index contributed by atoms with van der Waals surface area (Å²) in [5.74, 6) is 1.63. The van der Waals surface area contributed by atoms with Crippen LogP contribution >= 0.6 is 0 Å². The van der Waals surface area contributed by atoms with Crippen LogP contribution in [0.5, 0.6) is 0 Å². The Labute approximate surface area is 530 Å². The van der Waals surface area contributed by atoms with Gasteiger partial charge in [-0.15, -0.1) is 0 Å². The van der Waals surface area contributed by atoms with Crippen molar-refractivity contribution in [2.75, 3.05) is 0 Å². The average Bonchev–Trinajstić information content (AvgIpc) is 2.00. The second-order valence-electron chi connectivity index (χ2n) is 22.4. The van der Waals surface area contributed by atoms with Crippen molar-refractivity contribution in [2.24, 2.45) is 0 Å². The molecule has 0 spiro atoms. The van der Waals surface area contributed by atoms with Crippen molar-refractivity contribution in [3.05, 3.63) is 328 Å². The summed E-state index contributed by atoms with van der Waals surface area (Å²) in [4.78, 5) is 38.7. The zero-order chi connectivity index (χ0) is 61.2. The first-order chi connectivity index (χ1) is 45.6. The van der Waals surface area contributed by atoms with E-state index in [1.54, 1.807) is 12.4 Å². The van der Waals surface area contributed by atoms with E-state index in [0.717, 1.165) is 129 Å². The van der Waals surface area contributed by atoms with Gasteiger partial charge in [-0.25, -0.2) is 19.9 Å². The minimum atomic E-state index is 0.770. The van der Waals surface area contributed by atoms with Gasteiger partial charge in [0.25, 0.3) is 0 Å². The molecule has 17 aromatic rings. The molecule has 92 heavy (non-hydrogen) atoms. The molecule has 0 saturated heterocycles. The van der Waals surface area contributed by atoms with Gasteiger partial charge in [-0.2, -0.15) is 0 Å². The van der Waals surface area contributed by atoms with Crippen LogP contribution < -0.4 is 0 Å². The highest BCUT2D eigenvalue weighted by Crippen LogP contribution is 2.39. The number of rotatable bonds is 11. The first kappa shape index (κ1) is 54.7. The first-order valence-corrected chi connectivity index (χ1v) is 30.5. The molecule has 0 aliphatic heterocycles. The minimum absolute atomic E-state index is 0.770. The topological polar surface area (TPSA) is 113 Å². The third kappa shape index (κ3) is 10.6. The van der Waals surface area contributed by atoms with E-state index in [-0.39, 0.29) is 0 Å². The molecule has 7 aromatic carbocycles. The van der Waals surface area contributed by atoms with Crippen LogP contribution in [0.2, 0.25) is 0 Å². The number of aromatic nitrogens is 10. The minimum Gasteiger partial charge on any atom is -0.294 e. The Morgan fingerprint density at radius 1 is 0.207 bits per heavy atom. The molecule has 0 bridgehead atoms. The van der Waals surface area contributed by atoms with Crippen molar-refractivity contribution in [1.82, 2.24) is 49.0 Å². The maximum Gasteiger partial charge on any atom is 0.138 e. The van der Waals surface area contributed by atoms with Crippen molar-refractivity contribution in [3.8, 4) is 113 Å². The van der Waals surface area contributed by atoms with Crippen LogP contribution in [0.1, 0.15) is 0 Å². The zero-order valence-electron chi connectivity index (χ0n) is 49.6. The monoisotopic (exact) mass is 1180 g/mol. The van der Waals surface area contributed by atoms with Crippen LogP contribution in [0.3, 0.4) is 0 Å². The second-order valence-corrected chi connectivity index (χ2v) is 22.4. The third-order valence-corrected chi connectivity index (χ3v) is 16.8. The largest absolute Gasteiger partial charge is 0.294 e. The lowest BCUT2D eigenvalue weighted by molar-refractivity contribution is 1.07. The molecule has 0 unspecified atom stereocenters. The molecule has 0 saturated carbocycles. The van der Waals surface area contributed by atoms with Crippen molar-refractivity contribution in [3.63, 3.8) is 0 Å². The number of nitrogens with zero attached hydrogens (tertiary/aromatic N) is 10. The van der Waals surface area contributed by atoms with Crippen molar-refractivity contribution in [2.45, 2.75) is 0 Å². The summed E-state index contributed by atoms with van der Waals surface area (Å²) in [5.41, 5.74) is 22.0. The summed E-state index contributed by atoms with van der Waals surface area (Å²) in [5, 5.41) is 4.54. The van der Waals surface area contributed by atoms with E-state index in [9.17, 15) is 0 Å². The number of benzene rings is 7. The molecule has 0 fully saturated rings. The molecule has 0 aliphatic carbocycles. The number of fused-ring (bicyclic) bond motifs is 6. The van der Waals surface area contributed by atoms with Crippen molar-refractivity contribution in [1.29, 1.82) is 0 Å². The van der Waals surface area contributed by atoms with E-state index in [2.05, 4.69) is 247 Å². The highest BCUT2D eigenvalue weighted by molar-refractivity contribution is 6.10. The summed E-state index contributed by atoms with van der Waals surface area (Å²) in [6.07, 6.45) is 12.9. The molecule has 17 rings (SSSR count). The lowest BCUT2D eigenvalue weighted by atomic mass is 9.93. The molecule has 10 aromatic heterocycles. The maximum atomic E-state index is 5.35. The highest BCUT2D eigenvalue weighted by Gasteiger charge is 2.20. The van der Waals surface area contributed by atoms with E-state index in [0.29, 0.717) is 0 Å². The van der Waals surface area contributed by atoms with Gasteiger partial charge in [-0.05, 0) is 153 Å². The van der Waals surface area contributed by atoms with E-state index < -0.39 is 0 Å². The van der Waals surface area contributed by atoms with Gasteiger partial charge in [0.1, 0.15) is 11.6 Å². The van der Waals surface area contributed by atoms with Crippen LogP contribution in [-0.2, 0) is 0 Å². The fraction of sp³-hybridized carbons (Fsp3) is 0. The van der Waals surface area contributed by atoms with Crippen molar-refractivity contribution >= 4 is 43.6 Å². The molecular weight excluding hydrogens is 1120 g/mol. The molecule has 10 heterocycles. The van der Waals surface area contributed by atoms with Crippen LogP contribution in [0.15, 0.2) is 328 Å². The molecule has 0 atom stereocenters. The quantitative estimate of drug-likeness (QED) is 0.126. The first-order valence-electron chi connectivity index (χ1n) is 30.5. The van der Waals surface area contributed by atoms with Crippen LogP contribution in [-0.4, -0.2) is 49.0 Å². The van der Waals surface area contributed by atoms with Gasteiger partial charge < -0.3 is 0 Å². The molecule has 0 amide bonds. The van der Waals surface area contributed by atoms with Gasteiger partial charge in [0.2, 0.25) is 0 Å². The van der Waals surface area contributed by atoms with Gasteiger partial charge in [-0.3, -0.25) is 29.1 Å². The van der Waals surface area contributed by atoms with Gasteiger partial charge >= 0.3 is 0 Å². The predicted octanol–water partition coefficient (Wildman–Crippen LogP) is 19.7. The van der Waals surface area contributed by atoms with Gasteiger partial charge in [0.05, 0.1) is 68.1 Å². The Bertz CT molecular complexity index is 5400. The van der Waals surface area contributed by atoms with Gasteiger partial charge in [0, 0.05) is 64.3 Å². The summed E-state index contributed by atoms with van der Waals surface area (Å²) in [7, 11) is 0. The average molecular weight is 1180 g/mol. The third-order valence-electron chi connectivity index (χ3n) is 16.8. The molecular formula is C82H54N10. The lowest BCUT2D eigenvalue weighted by Crippen LogP contribution is -2.01. The zero-order valence-corrected chi connectivity index (χ0v) is 49.6. The van der Waals surface area contributed by atoms with Crippen LogP contribution in [0.4, 0.5) is 0 Å². The molecule has 0 N–H and O–H groups in total. The van der Waals surface area contributed by atoms with E-state index in [1.807, 2.05) is 97.7 Å². The number of hydrogen-bond donors (Lipinski definition) is 0. The van der Waals surface area contributed by atoms with Crippen LogP contribution in [0.25, 0.3) is 156 Å². The van der Waals surface area contributed by atoms with Gasteiger partial charge in [-0.1, -0.05) is 188 Å². The standard InChI is InChI=1S/C44H29N5.C38H25N5/c1-3-11-30(12-4-1)32-18-20-33(21-19-32)34-25-39(38-16-9-10-23-46-38)47-40(26-34)41-27-35(31-13-5-2-6-14-31)28-44(48-41)49-42-17-8-7-15-36(42)37-29-45-24-22-43(37)49;1-2-9-26(10-3-1)29-11-4-5-12-30(29)28-23-34(27-17-20-39-21-18-27)41-35(24-28)33-14-8-16-38(42-33)43-36-15-7-6-13-31(36)32-19-22-40-25-37(32)43/h1-29H;1-25H. The highest BCUT2D eigenvalue weighted by atomic mass is 15.1. The predicted molar refractivity (Wildman–Crippen MR) is 373 cm³/mol. The van der Waals surface area contributed by atoms with Crippen LogP contribution in [0, 0.1) is 0 Å². The fourth-order valence-corrected chi connectivity index (χ4v) is 12.4. The molecule has 10 nitrogen and oxygen atoms in total. The molecule has 432 valence electrons. The smallest absolute Gasteiger partial charge is 0.138 e. The van der Waals surface area contributed by atoms with E-state index in [1.165, 1.54) is 27.6 Å². The fourth-order valence-electron chi connectivity index (χ4n) is 12.4. The Morgan fingerprint density at radius 2 is 0.663 bits per heavy atom. The van der Waals surface area contributed by atoms with E-state index in [4.69, 9.17) is 19.9 Å². The number of para-hydroxylation sites is 2. The normalized spacial score (nSPS) is 11.3. The van der Waals surface area contributed by atoms with Gasteiger partial charge in [0.15, 0.2) is 0 Å². The summed E-state index contributed by atoms with van der Waals surface area (Å²) >= 11 is 0. The second kappa shape index (κ2) is 24.1. The SMILES string of the molecule is c1ccc(-c2ccc(-c3cc(-c4ccccn4)nc(-c4cc(-c5ccccc5)cc(-n5c6ccccc6c6cnccc65)n4)c3)cc2)cc1.c1ccc(-c2ccccc2-c2cc(-c3ccncc3)nc(-c3cccc(-n4c5ccccc5c5ccncc54)n3)c2)cc1. The Balaban J connectivity index is 0.000000148. The van der Waals surface area contributed by atoms with Crippen molar-refractivity contribution < 1.29 is 0 Å². The summed E-state index contributed by atoms with van der Waals surface area (Å²) < 4.78 is 4.41. The Morgan fingerprint density at radius 3 is 1.37 bits per heavy atom. The molecule has 0 aliphatic rings. The Kier molecular flexibility index (Phi) is 14.4. The summed E-state index contributed by atoms with van der Waals surface area (Å²) in [6, 6.07) is 98.5. The lowest BCUT2D eigenvalue weighted by Gasteiger charge is -2.14. The molecule has 10 heteroatoms. The summed E-state index contributed by atoms with van der Waals surface area (Å²) in [6.45, 7) is 0. The maximum absolute atomic E-state index is 5.35.